The Hall–Kier alpha value is -2.57. The van der Waals surface area contributed by atoms with E-state index < -0.39 is 11.9 Å². The zero-order valence-corrected chi connectivity index (χ0v) is 10.7. The molecule has 0 aromatic heterocycles. The molecule has 0 aliphatic carbocycles. The number of hydrogen-bond donors (Lipinski definition) is 4. The largest absolute Gasteiger partial charge is 0.506 e. The van der Waals surface area contributed by atoms with Gasteiger partial charge in [0.1, 0.15) is 11.8 Å². The molecule has 1 aromatic rings. The molecule has 1 aromatic carbocycles. The minimum atomic E-state index is -0.685. The Kier molecular flexibility index (Phi) is 3.88. The summed E-state index contributed by atoms with van der Waals surface area (Å²) in [5.74, 6) is -1.20. The number of aromatic hydroxyl groups is 1. The van der Waals surface area contributed by atoms with Gasteiger partial charge in [-0.15, -0.1) is 0 Å². The van der Waals surface area contributed by atoms with Crippen LogP contribution in [0.5, 0.6) is 5.75 Å². The predicted octanol–water partition coefficient (Wildman–Crippen LogP) is -0.562. The summed E-state index contributed by atoms with van der Waals surface area (Å²) in [7, 11) is 0. The monoisotopic (exact) mass is 277 g/mol. The number of piperidine rings is 1. The van der Waals surface area contributed by atoms with Crippen LogP contribution < -0.4 is 16.4 Å². The highest BCUT2D eigenvalue weighted by Crippen LogP contribution is 2.20. The molecule has 3 amide bonds. The quantitative estimate of drug-likeness (QED) is 0.335. The van der Waals surface area contributed by atoms with Crippen molar-refractivity contribution < 1.29 is 19.5 Å². The van der Waals surface area contributed by atoms with Crippen molar-refractivity contribution in [2.45, 2.75) is 25.3 Å². The van der Waals surface area contributed by atoms with Gasteiger partial charge in [-0.05, 0) is 24.1 Å². The standard InChI is InChI=1S/C13H15N3O4/c14-8-5-7(1-3-10(8)17)6-12(19)15-9-2-4-11(18)16-13(9)20/h1,3,5,9,17H,2,4,6,14H2,(H,15,19)(H,16,18,20). The van der Waals surface area contributed by atoms with E-state index in [1.807, 2.05) is 0 Å². The van der Waals surface area contributed by atoms with E-state index in [1.165, 1.54) is 12.1 Å². The Morgan fingerprint density at radius 2 is 2.20 bits per heavy atom. The average molecular weight is 277 g/mol. The van der Waals surface area contributed by atoms with E-state index in [0.29, 0.717) is 12.0 Å². The number of carbonyl (C=O) groups excluding carboxylic acids is 3. The Balaban J connectivity index is 1.93. The fourth-order valence-electron chi connectivity index (χ4n) is 1.98. The third-order valence-corrected chi connectivity index (χ3v) is 3.03. The molecular weight excluding hydrogens is 262 g/mol. The van der Waals surface area contributed by atoms with Crippen molar-refractivity contribution in [3.05, 3.63) is 23.8 Å². The molecule has 0 spiro atoms. The summed E-state index contributed by atoms with van der Waals surface area (Å²) >= 11 is 0. The van der Waals surface area contributed by atoms with Crippen molar-refractivity contribution in [3.63, 3.8) is 0 Å². The maximum atomic E-state index is 11.8. The molecule has 1 unspecified atom stereocenters. The number of nitrogens with two attached hydrogens (primary N) is 1. The molecule has 1 aliphatic rings. The van der Waals surface area contributed by atoms with Crippen LogP contribution in [0.1, 0.15) is 18.4 Å². The van der Waals surface area contributed by atoms with E-state index in [0.717, 1.165) is 0 Å². The molecule has 1 fully saturated rings. The van der Waals surface area contributed by atoms with E-state index in [9.17, 15) is 19.5 Å². The summed E-state index contributed by atoms with van der Waals surface area (Å²) < 4.78 is 0. The van der Waals surface area contributed by atoms with Gasteiger partial charge in [0.05, 0.1) is 12.1 Å². The first kappa shape index (κ1) is 13.9. The van der Waals surface area contributed by atoms with Gasteiger partial charge >= 0.3 is 0 Å². The summed E-state index contributed by atoms with van der Waals surface area (Å²) in [4.78, 5) is 34.3. The molecule has 5 N–H and O–H groups in total. The third kappa shape index (κ3) is 3.25. The number of hydrogen-bond acceptors (Lipinski definition) is 5. The number of benzene rings is 1. The predicted molar refractivity (Wildman–Crippen MR) is 70.5 cm³/mol. The van der Waals surface area contributed by atoms with Crippen molar-refractivity contribution >= 4 is 23.4 Å². The third-order valence-electron chi connectivity index (χ3n) is 3.03. The lowest BCUT2D eigenvalue weighted by atomic mass is 10.1. The van der Waals surface area contributed by atoms with E-state index in [2.05, 4.69) is 10.6 Å². The first-order valence-electron chi connectivity index (χ1n) is 6.16. The fraction of sp³-hybridized carbons (Fsp3) is 0.308. The first-order chi connectivity index (χ1) is 9.45. The lowest BCUT2D eigenvalue weighted by molar-refractivity contribution is -0.137. The second-order valence-corrected chi connectivity index (χ2v) is 4.64. The van der Waals surface area contributed by atoms with Gasteiger partial charge in [-0.2, -0.15) is 0 Å². The molecular formula is C13H15N3O4. The van der Waals surface area contributed by atoms with Gasteiger partial charge in [0.15, 0.2) is 0 Å². The van der Waals surface area contributed by atoms with Crippen LogP contribution in [0.4, 0.5) is 5.69 Å². The number of anilines is 1. The lowest BCUT2D eigenvalue weighted by Crippen LogP contribution is -2.52. The number of carbonyl (C=O) groups is 3. The van der Waals surface area contributed by atoms with Crippen molar-refractivity contribution in [2.24, 2.45) is 0 Å². The van der Waals surface area contributed by atoms with Gasteiger partial charge in [-0.25, -0.2) is 0 Å². The van der Waals surface area contributed by atoms with Crippen molar-refractivity contribution in [3.8, 4) is 5.75 Å². The molecule has 0 saturated carbocycles. The Labute approximate surface area is 115 Å². The van der Waals surface area contributed by atoms with Gasteiger partial charge in [-0.1, -0.05) is 6.07 Å². The Bertz CT molecular complexity index is 571. The second-order valence-electron chi connectivity index (χ2n) is 4.64. The highest BCUT2D eigenvalue weighted by atomic mass is 16.3. The zero-order chi connectivity index (χ0) is 14.7. The van der Waals surface area contributed by atoms with Gasteiger partial charge in [0, 0.05) is 6.42 Å². The molecule has 20 heavy (non-hydrogen) atoms. The molecule has 7 heteroatoms. The summed E-state index contributed by atoms with van der Waals surface area (Å²) in [6.45, 7) is 0. The number of rotatable bonds is 3. The molecule has 1 aliphatic heterocycles. The molecule has 2 rings (SSSR count). The fourth-order valence-corrected chi connectivity index (χ4v) is 1.98. The molecule has 0 bridgehead atoms. The summed E-state index contributed by atoms with van der Waals surface area (Å²) in [6, 6.07) is 3.80. The van der Waals surface area contributed by atoms with Crippen LogP contribution in [0, 0.1) is 0 Å². The highest BCUT2D eigenvalue weighted by molar-refractivity contribution is 6.01. The van der Waals surface area contributed by atoms with Crippen LogP contribution in [0.3, 0.4) is 0 Å². The van der Waals surface area contributed by atoms with Crippen LogP contribution in [0.25, 0.3) is 0 Å². The van der Waals surface area contributed by atoms with E-state index in [4.69, 9.17) is 5.73 Å². The highest BCUT2D eigenvalue weighted by Gasteiger charge is 2.27. The zero-order valence-electron chi connectivity index (χ0n) is 10.7. The van der Waals surface area contributed by atoms with Crippen LogP contribution >= 0.6 is 0 Å². The van der Waals surface area contributed by atoms with Gasteiger partial charge < -0.3 is 16.2 Å². The summed E-state index contributed by atoms with van der Waals surface area (Å²) in [6.07, 6.45) is 0.555. The Morgan fingerprint density at radius 1 is 1.45 bits per heavy atom. The van der Waals surface area contributed by atoms with Gasteiger partial charge in [0.2, 0.25) is 17.7 Å². The van der Waals surface area contributed by atoms with Crippen LogP contribution in [0.2, 0.25) is 0 Å². The number of amides is 3. The molecule has 0 radical (unpaired) electrons. The molecule has 106 valence electrons. The number of phenols is 1. The lowest BCUT2D eigenvalue weighted by Gasteiger charge is -2.21. The van der Waals surface area contributed by atoms with Gasteiger partial charge in [-0.3, -0.25) is 19.7 Å². The number of nitrogen functional groups attached to an aromatic ring is 1. The first-order valence-corrected chi connectivity index (χ1v) is 6.16. The van der Waals surface area contributed by atoms with Crippen molar-refractivity contribution in [1.82, 2.24) is 10.6 Å². The molecule has 1 saturated heterocycles. The normalized spacial score (nSPS) is 18.5. The number of nitrogens with one attached hydrogen (secondary N) is 2. The molecule has 7 nitrogen and oxygen atoms in total. The average Bonchev–Trinajstić information content (AvgIpc) is 2.37. The topological polar surface area (TPSA) is 122 Å². The number of phenolic OH excluding ortho intramolecular Hbond substituents is 1. The molecule has 1 atom stereocenters. The van der Waals surface area contributed by atoms with Crippen molar-refractivity contribution in [2.75, 3.05) is 5.73 Å². The van der Waals surface area contributed by atoms with E-state index in [-0.39, 0.29) is 36.1 Å². The van der Waals surface area contributed by atoms with Crippen LogP contribution in [-0.4, -0.2) is 28.9 Å². The van der Waals surface area contributed by atoms with Crippen LogP contribution in [-0.2, 0) is 20.8 Å². The maximum Gasteiger partial charge on any atom is 0.249 e. The van der Waals surface area contributed by atoms with E-state index >= 15 is 0 Å². The van der Waals surface area contributed by atoms with Gasteiger partial charge in [0.25, 0.3) is 0 Å². The number of imide groups is 1. The Morgan fingerprint density at radius 3 is 2.85 bits per heavy atom. The van der Waals surface area contributed by atoms with Crippen LogP contribution in [0.15, 0.2) is 18.2 Å². The minimum Gasteiger partial charge on any atom is -0.506 e. The SMILES string of the molecule is Nc1cc(CC(=O)NC2CCC(=O)NC2=O)ccc1O. The summed E-state index contributed by atoms with van der Waals surface area (Å²) in [5, 5.41) is 14.0. The summed E-state index contributed by atoms with van der Waals surface area (Å²) in [5.41, 5.74) is 6.36. The smallest absolute Gasteiger partial charge is 0.249 e. The molecule has 1 heterocycles. The second kappa shape index (κ2) is 5.60. The minimum absolute atomic E-state index is 0.0423. The maximum absolute atomic E-state index is 11.8. The van der Waals surface area contributed by atoms with Crippen molar-refractivity contribution in [1.29, 1.82) is 0 Å². The van der Waals surface area contributed by atoms with E-state index in [1.54, 1.807) is 6.07 Å².